The Morgan fingerprint density at radius 2 is 2.15 bits per heavy atom. The van der Waals surface area contributed by atoms with E-state index < -0.39 is 20.7 Å². The average molecular weight is 298 g/mol. The van der Waals surface area contributed by atoms with Crippen LogP contribution in [0.25, 0.3) is 0 Å². The maximum atomic E-state index is 13.7. The maximum absolute atomic E-state index is 13.7. The van der Waals surface area contributed by atoms with Crippen LogP contribution >= 0.6 is 0 Å². The Morgan fingerprint density at radius 1 is 1.45 bits per heavy atom. The van der Waals surface area contributed by atoms with E-state index in [2.05, 4.69) is 9.82 Å². The molecule has 1 aromatic heterocycles. The van der Waals surface area contributed by atoms with Crippen LogP contribution in [0.3, 0.4) is 0 Å². The molecule has 0 aliphatic heterocycles. The van der Waals surface area contributed by atoms with Crippen molar-refractivity contribution in [3.05, 3.63) is 35.9 Å². The predicted octanol–water partition coefficient (Wildman–Crippen LogP) is 1.50. The Balaban J connectivity index is 2.43. The first-order chi connectivity index (χ1) is 9.33. The number of nitrogens with two attached hydrogens (primary N) is 1. The monoisotopic (exact) mass is 298 g/mol. The van der Waals surface area contributed by atoms with Gasteiger partial charge < -0.3 is 5.73 Å². The van der Waals surface area contributed by atoms with Gasteiger partial charge in [0, 0.05) is 18.9 Å². The van der Waals surface area contributed by atoms with Gasteiger partial charge in [0.05, 0.1) is 11.4 Å². The minimum absolute atomic E-state index is 0.175. The number of sulfonamides is 1. The molecule has 1 heterocycles. The molecular formula is C12H15FN4O2S. The molecule has 0 saturated carbocycles. The molecule has 6 nitrogen and oxygen atoms in total. The van der Waals surface area contributed by atoms with E-state index in [0.717, 1.165) is 12.1 Å². The molecule has 20 heavy (non-hydrogen) atoms. The van der Waals surface area contributed by atoms with Crippen LogP contribution in [0, 0.1) is 5.82 Å². The molecule has 2 rings (SSSR count). The summed E-state index contributed by atoms with van der Waals surface area (Å²) < 4.78 is 41.9. The van der Waals surface area contributed by atoms with Gasteiger partial charge in [0.1, 0.15) is 10.7 Å². The fraction of sp³-hybridized carbons (Fsp3) is 0.250. The number of nitrogens with one attached hydrogen (secondary N) is 1. The summed E-state index contributed by atoms with van der Waals surface area (Å²) in [5, 5.41) is 4.12. The quantitative estimate of drug-likeness (QED) is 0.837. The van der Waals surface area contributed by atoms with E-state index in [1.807, 2.05) is 6.92 Å². The first kappa shape index (κ1) is 14.3. The van der Waals surface area contributed by atoms with Crippen LogP contribution in [0.1, 0.15) is 12.6 Å². The highest BCUT2D eigenvalue weighted by molar-refractivity contribution is 7.92. The van der Waals surface area contributed by atoms with Crippen molar-refractivity contribution in [3.63, 3.8) is 0 Å². The summed E-state index contributed by atoms with van der Waals surface area (Å²) in [7, 11) is -2.37. The molecule has 0 fully saturated rings. The van der Waals surface area contributed by atoms with Crippen molar-refractivity contribution < 1.29 is 12.8 Å². The van der Waals surface area contributed by atoms with Crippen LogP contribution in [0.5, 0.6) is 0 Å². The van der Waals surface area contributed by atoms with Gasteiger partial charge in [-0.25, -0.2) is 12.8 Å². The molecule has 8 heteroatoms. The van der Waals surface area contributed by atoms with Gasteiger partial charge in [0.2, 0.25) is 0 Å². The number of anilines is 2. The molecule has 0 aliphatic carbocycles. The molecule has 0 aliphatic rings. The van der Waals surface area contributed by atoms with Crippen molar-refractivity contribution in [2.24, 2.45) is 7.05 Å². The molecular weight excluding hydrogens is 283 g/mol. The molecule has 0 saturated heterocycles. The summed E-state index contributed by atoms with van der Waals surface area (Å²) in [6, 6.07) is 3.41. The third-order valence-electron chi connectivity index (χ3n) is 2.73. The number of rotatable bonds is 4. The van der Waals surface area contributed by atoms with E-state index in [1.54, 1.807) is 7.05 Å². The first-order valence-corrected chi connectivity index (χ1v) is 7.42. The van der Waals surface area contributed by atoms with Crippen molar-refractivity contribution in [2.45, 2.75) is 18.2 Å². The van der Waals surface area contributed by atoms with Crippen molar-refractivity contribution in [2.75, 3.05) is 10.5 Å². The van der Waals surface area contributed by atoms with Gasteiger partial charge in [-0.1, -0.05) is 6.92 Å². The van der Waals surface area contributed by atoms with Crippen molar-refractivity contribution in [1.82, 2.24) is 9.78 Å². The Hall–Kier alpha value is -2.09. The minimum Gasteiger partial charge on any atom is -0.399 e. The lowest BCUT2D eigenvalue weighted by atomic mass is 10.3. The lowest BCUT2D eigenvalue weighted by molar-refractivity contribution is 0.570. The van der Waals surface area contributed by atoms with Gasteiger partial charge in [-0.2, -0.15) is 5.10 Å². The molecule has 0 atom stereocenters. The van der Waals surface area contributed by atoms with Crippen LogP contribution < -0.4 is 10.5 Å². The van der Waals surface area contributed by atoms with Gasteiger partial charge >= 0.3 is 0 Å². The topological polar surface area (TPSA) is 90.0 Å². The largest absolute Gasteiger partial charge is 0.399 e. The second-order valence-corrected chi connectivity index (χ2v) is 5.96. The molecule has 3 N–H and O–H groups in total. The molecule has 0 radical (unpaired) electrons. The number of benzene rings is 1. The Labute approximate surface area is 116 Å². The number of nitrogens with zero attached hydrogens (tertiary/aromatic N) is 2. The van der Waals surface area contributed by atoms with Gasteiger partial charge in [-0.15, -0.1) is 0 Å². The average Bonchev–Trinajstić information content (AvgIpc) is 2.71. The number of hydrogen-bond donors (Lipinski definition) is 2. The zero-order valence-corrected chi connectivity index (χ0v) is 11.9. The van der Waals surface area contributed by atoms with Gasteiger partial charge in [0.25, 0.3) is 10.0 Å². The summed E-state index contributed by atoms with van der Waals surface area (Å²) in [4.78, 5) is -0.483. The molecule has 0 amide bonds. The number of halogens is 1. The van der Waals surface area contributed by atoms with E-state index in [9.17, 15) is 12.8 Å². The molecule has 0 bridgehead atoms. The second-order valence-electron chi connectivity index (χ2n) is 4.31. The number of hydrogen-bond acceptors (Lipinski definition) is 4. The van der Waals surface area contributed by atoms with Crippen LogP contribution in [0.15, 0.2) is 29.3 Å². The summed E-state index contributed by atoms with van der Waals surface area (Å²) in [5.41, 5.74) is 6.59. The molecule has 2 aromatic rings. The molecule has 0 unspecified atom stereocenters. The fourth-order valence-electron chi connectivity index (χ4n) is 1.81. The number of aromatic nitrogens is 2. The maximum Gasteiger partial charge on any atom is 0.265 e. The zero-order valence-electron chi connectivity index (χ0n) is 11.1. The van der Waals surface area contributed by atoms with E-state index in [1.165, 1.54) is 16.9 Å². The number of nitrogen functional groups attached to an aromatic ring is 1. The minimum atomic E-state index is -4.04. The van der Waals surface area contributed by atoms with E-state index >= 15 is 0 Å². The third-order valence-corrected chi connectivity index (χ3v) is 4.11. The molecule has 108 valence electrons. The summed E-state index contributed by atoms with van der Waals surface area (Å²) in [6.45, 7) is 1.85. The smallest absolute Gasteiger partial charge is 0.265 e. The molecule has 0 spiro atoms. The summed E-state index contributed by atoms with van der Waals surface area (Å²) in [6.07, 6.45) is 2.08. The SMILES string of the molecule is CCc1nn(C)cc1NS(=O)(=O)c1cc(N)ccc1F. The van der Waals surface area contributed by atoms with Gasteiger partial charge in [0.15, 0.2) is 0 Å². The Bertz CT molecular complexity index is 740. The zero-order chi connectivity index (χ0) is 14.9. The first-order valence-electron chi connectivity index (χ1n) is 5.94. The highest BCUT2D eigenvalue weighted by Crippen LogP contribution is 2.22. The van der Waals surface area contributed by atoms with Crippen LogP contribution in [-0.4, -0.2) is 18.2 Å². The fourth-order valence-corrected chi connectivity index (χ4v) is 2.99. The predicted molar refractivity (Wildman–Crippen MR) is 74.2 cm³/mol. The van der Waals surface area contributed by atoms with E-state index in [-0.39, 0.29) is 5.69 Å². The number of aryl methyl sites for hydroxylation is 2. The van der Waals surface area contributed by atoms with Crippen molar-refractivity contribution in [3.8, 4) is 0 Å². The van der Waals surface area contributed by atoms with Crippen LogP contribution in [0.4, 0.5) is 15.8 Å². The standard InChI is InChI=1S/C12H15FN4O2S/c1-3-10-11(7-17(2)15-10)16-20(18,19)12-6-8(14)4-5-9(12)13/h4-7,16H,3,14H2,1-2H3. The Morgan fingerprint density at radius 3 is 2.80 bits per heavy atom. The van der Waals surface area contributed by atoms with Crippen molar-refractivity contribution >= 4 is 21.4 Å². The summed E-state index contributed by atoms with van der Waals surface area (Å²) >= 11 is 0. The van der Waals surface area contributed by atoms with Gasteiger partial charge in [-0.05, 0) is 24.6 Å². The van der Waals surface area contributed by atoms with Crippen molar-refractivity contribution in [1.29, 1.82) is 0 Å². The second kappa shape index (κ2) is 5.12. The third kappa shape index (κ3) is 2.74. The van der Waals surface area contributed by atoms with Gasteiger partial charge in [-0.3, -0.25) is 9.40 Å². The van der Waals surface area contributed by atoms with E-state index in [0.29, 0.717) is 17.8 Å². The van der Waals surface area contributed by atoms with Crippen LogP contribution in [0.2, 0.25) is 0 Å². The van der Waals surface area contributed by atoms with E-state index in [4.69, 9.17) is 5.73 Å². The Kier molecular flexibility index (Phi) is 3.67. The summed E-state index contributed by atoms with van der Waals surface area (Å²) in [5.74, 6) is -0.853. The van der Waals surface area contributed by atoms with Crippen LogP contribution in [-0.2, 0) is 23.5 Å². The lowest BCUT2D eigenvalue weighted by Crippen LogP contribution is -2.15. The normalized spacial score (nSPS) is 11.6. The molecule has 1 aromatic carbocycles. The highest BCUT2D eigenvalue weighted by atomic mass is 32.2. The highest BCUT2D eigenvalue weighted by Gasteiger charge is 2.21. The lowest BCUT2D eigenvalue weighted by Gasteiger charge is -2.09.